The lowest BCUT2D eigenvalue weighted by Gasteiger charge is -2.29. The van der Waals surface area contributed by atoms with E-state index < -0.39 is 16.1 Å². The third-order valence-electron chi connectivity index (χ3n) is 4.58. The molecule has 7 nitrogen and oxygen atoms in total. The summed E-state index contributed by atoms with van der Waals surface area (Å²) in [5, 5.41) is 2.82. The second-order valence-corrected chi connectivity index (χ2v) is 8.57. The van der Waals surface area contributed by atoms with Crippen molar-refractivity contribution >= 4 is 21.6 Å². The minimum absolute atomic E-state index is 0.328. The van der Waals surface area contributed by atoms with Crippen LogP contribution in [-0.2, 0) is 21.4 Å². The molecule has 0 bridgehead atoms. The molecule has 0 radical (unpaired) electrons. The van der Waals surface area contributed by atoms with Crippen LogP contribution in [-0.4, -0.2) is 39.8 Å². The first kappa shape index (κ1) is 20.0. The second-order valence-electron chi connectivity index (χ2n) is 6.71. The molecule has 0 saturated carbocycles. The summed E-state index contributed by atoms with van der Waals surface area (Å²) in [7, 11) is -3.70. The Kier molecular flexibility index (Phi) is 5.79. The number of hydrogen-bond donors (Lipinski definition) is 1. The predicted octanol–water partition coefficient (Wildman–Crippen LogP) is 2.24. The number of carbonyl (C=O) groups excluding carboxylic acids is 1. The number of nitrogens with one attached hydrogen (secondary N) is 1. The van der Waals surface area contributed by atoms with Crippen molar-refractivity contribution in [3.05, 3.63) is 53.6 Å². The van der Waals surface area contributed by atoms with Crippen LogP contribution in [0.25, 0.3) is 0 Å². The maximum atomic E-state index is 12.7. The number of aryl methyl sites for hydroxylation is 1. The van der Waals surface area contributed by atoms with Crippen LogP contribution in [0.3, 0.4) is 0 Å². The summed E-state index contributed by atoms with van der Waals surface area (Å²) in [6.45, 7) is 4.68. The predicted molar refractivity (Wildman–Crippen MR) is 107 cm³/mol. The van der Waals surface area contributed by atoms with Crippen LogP contribution in [0.2, 0.25) is 0 Å². The average Bonchev–Trinajstić information content (AvgIpc) is 2.66. The summed E-state index contributed by atoms with van der Waals surface area (Å²) in [6.07, 6.45) is 1.08. The van der Waals surface area contributed by atoms with E-state index in [2.05, 4.69) is 5.32 Å². The zero-order valence-corrected chi connectivity index (χ0v) is 17.0. The molecule has 0 aliphatic carbocycles. The number of amides is 1. The average molecular weight is 404 g/mol. The molecule has 0 fully saturated rings. The third-order valence-corrected chi connectivity index (χ3v) is 5.82. The molecule has 0 saturated heterocycles. The van der Waals surface area contributed by atoms with Gasteiger partial charge >= 0.3 is 0 Å². The zero-order chi connectivity index (χ0) is 20.3. The Labute approximate surface area is 165 Å². The SMILES string of the molecule is Cc1ccccc1CNC(=O)[C@H](C)N(c1ccc2c(c1)OCCO2)S(C)(=O)=O. The highest BCUT2D eigenvalue weighted by Gasteiger charge is 2.30. The van der Waals surface area contributed by atoms with Gasteiger partial charge in [0.15, 0.2) is 11.5 Å². The van der Waals surface area contributed by atoms with E-state index in [4.69, 9.17) is 9.47 Å². The number of carbonyl (C=O) groups is 1. The lowest BCUT2D eigenvalue weighted by atomic mass is 10.1. The second kappa shape index (κ2) is 8.10. The van der Waals surface area contributed by atoms with Gasteiger partial charge in [0.25, 0.3) is 0 Å². The van der Waals surface area contributed by atoms with E-state index in [1.165, 1.54) is 0 Å². The summed E-state index contributed by atoms with van der Waals surface area (Å²) < 4.78 is 37.0. The van der Waals surface area contributed by atoms with E-state index in [9.17, 15) is 13.2 Å². The number of anilines is 1. The van der Waals surface area contributed by atoms with Gasteiger partial charge < -0.3 is 14.8 Å². The molecular weight excluding hydrogens is 380 g/mol. The van der Waals surface area contributed by atoms with Crippen LogP contribution in [0.15, 0.2) is 42.5 Å². The molecular formula is C20H24N2O5S. The van der Waals surface area contributed by atoms with Gasteiger partial charge in [0, 0.05) is 12.6 Å². The van der Waals surface area contributed by atoms with Crippen molar-refractivity contribution < 1.29 is 22.7 Å². The summed E-state index contributed by atoms with van der Waals surface area (Å²) in [5.74, 6) is 0.633. The first-order valence-corrected chi connectivity index (χ1v) is 10.8. The smallest absolute Gasteiger partial charge is 0.243 e. The number of sulfonamides is 1. The highest BCUT2D eigenvalue weighted by Crippen LogP contribution is 2.35. The van der Waals surface area contributed by atoms with Gasteiger partial charge in [-0.1, -0.05) is 24.3 Å². The Bertz CT molecular complexity index is 974. The number of hydrogen-bond acceptors (Lipinski definition) is 5. The van der Waals surface area contributed by atoms with Crippen molar-refractivity contribution in [2.75, 3.05) is 23.8 Å². The van der Waals surface area contributed by atoms with E-state index in [1.807, 2.05) is 31.2 Å². The largest absolute Gasteiger partial charge is 0.486 e. The lowest BCUT2D eigenvalue weighted by Crippen LogP contribution is -2.47. The lowest BCUT2D eigenvalue weighted by molar-refractivity contribution is -0.122. The van der Waals surface area contributed by atoms with Gasteiger partial charge in [0.1, 0.15) is 19.3 Å². The topological polar surface area (TPSA) is 84.9 Å². The Morgan fingerprint density at radius 2 is 1.82 bits per heavy atom. The molecule has 1 heterocycles. The van der Waals surface area contributed by atoms with Crippen molar-refractivity contribution in [3.63, 3.8) is 0 Å². The molecule has 8 heteroatoms. The first-order chi connectivity index (χ1) is 13.3. The zero-order valence-electron chi connectivity index (χ0n) is 16.1. The molecule has 2 aromatic carbocycles. The van der Waals surface area contributed by atoms with Gasteiger partial charge in [0.05, 0.1) is 11.9 Å². The summed E-state index contributed by atoms with van der Waals surface area (Å²) in [6, 6.07) is 11.6. The molecule has 28 heavy (non-hydrogen) atoms. The van der Waals surface area contributed by atoms with E-state index in [0.29, 0.717) is 36.9 Å². The van der Waals surface area contributed by atoms with Gasteiger partial charge in [-0.05, 0) is 37.1 Å². The van der Waals surface area contributed by atoms with Crippen LogP contribution in [0.4, 0.5) is 5.69 Å². The first-order valence-electron chi connectivity index (χ1n) is 8.98. The number of ether oxygens (including phenoxy) is 2. The van der Waals surface area contributed by atoms with Gasteiger partial charge in [-0.2, -0.15) is 0 Å². The quantitative estimate of drug-likeness (QED) is 0.798. The van der Waals surface area contributed by atoms with Gasteiger partial charge in [-0.15, -0.1) is 0 Å². The highest BCUT2D eigenvalue weighted by atomic mass is 32.2. The Balaban J connectivity index is 1.81. The molecule has 3 rings (SSSR count). The van der Waals surface area contributed by atoms with E-state index >= 15 is 0 Å². The fourth-order valence-electron chi connectivity index (χ4n) is 3.12. The Morgan fingerprint density at radius 3 is 2.50 bits per heavy atom. The Morgan fingerprint density at radius 1 is 1.14 bits per heavy atom. The van der Waals surface area contributed by atoms with Crippen molar-refractivity contribution in [2.45, 2.75) is 26.4 Å². The molecule has 1 aliphatic heterocycles. The fraction of sp³-hybridized carbons (Fsp3) is 0.350. The molecule has 1 amide bonds. The summed E-state index contributed by atoms with van der Waals surface area (Å²) >= 11 is 0. The summed E-state index contributed by atoms with van der Waals surface area (Å²) in [4.78, 5) is 12.7. The molecule has 1 N–H and O–H groups in total. The van der Waals surface area contributed by atoms with Crippen molar-refractivity contribution in [3.8, 4) is 11.5 Å². The van der Waals surface area contributed by atoms with E-state index in [1.54, 1.807) is 25.1 Å². The summed E-state index contributed by atoms with van der Waals surface area (Å²) in [5.41, 5.74) is 2.39. The molecule has 1 atom stereocenters. The normalized spacial score (nSPS) is 14.2. The van der Waals surface area contributed by atoms with Crippen LogP contribution >= 0.6 is 0 Å². The molecule has 0 spiro atoms. The van der Waals surface area contributed by atoms with Crippen LogP contribution in [0, 0.1) is 6.92 Å². The van der Waals surface area contributed by atoms with Crippen molar-refractivity contribution in [1.29, 1.82) is 0 Å². The standard InChI is InChI=1S/C20H24N2O5S/c1-14-6-4-5-7-16(14)13-21-20(23)15(2)22(28(3,24)25)17-8-9-18-19(12-17)27-11-10-26-18/h4-9,12,15H,10-11,13H2,1-3H3,(H,21,23)/t15-/m0/s1. The maximum absolute atomic E-state index is 12.7. The van der Waals surface area contributed by atoms with Gasteiger partial charge in [0.2, 0.25) is 15.9 Å². The van der Waals surface area contributed by atoms with Crippen LogP contribution < -0.4 is 19.1 Å². The molecule has 0 aromatic heterocycles. The van der Waals surface area contributed by atoms with Crippen LogP contribution in [0.1, 0.15) is 18.1 Å². The maximum Gasteiger partial charge on any atom is 0.243 e. The fourth-order valence-corrected chi connectivity index (χ4v) is 4.28. The van der Waals surface area contributed by atoms with E-state index in [0.717, 1.165) is 21.7 Å². The van der Waals surface area contributed by atoms with Crippen LogP contribution in [0.5, 0.6) is 11.5 Å². The number of benzene rings is 2. The number of nitrogens with zero attached hydrogens (tertiary/aromatic N) is 1. The van der Waals surface area contributed by atoms with Gasteiger partial charge in [-0.25, -0.2) is 8.42 Å². The molecule has 150 valence electrons. The Hall–Kier alpha value is -2.74. The van der Waals surface area contributed by atoms with Crippen molar-refractivity contribution in [1.82, 2.24) is 5.32 Å². The van der Waals surface area contributed by atoms with E-state index in [-0.39, 0.29) is 5.91 Å². The number of fused-ring (bicyclic) bond motifs is 1. The molecule has 1 aliphatic rings. The van der Waals surface area contributed by atoms with Gasteiger partial charge in [-0.3, -0.25) is 9.10 Å². The monoisotopic (exact) mass is 404 g/mol. The third kappa shape index (κ3) is 4.39. The van der Waals surface area contributed by atoms with Crippen molar-refractivity contribution in [2.24, 2.45) is 0 Å². The molecule has 0 unspecified atom stereocenters. The highest BCUT2D eigenvalue weighted by molar-refractivity contribution is 7.92. The number of rotatable bonds is 6. The minimum atomic E-state index is -3.70. The molecule has 2 aromatic rings. The minimum Gasteiger partial charge on any atom is -0.486 e.